The summed E-state index contributed by atoms with van der Waals surface area (Å²) in [7, 11) is -2.68. The van der Waals surface area contributed by atoms with Crippen molar-refractivity contribution in [2.45, 2.75) is 95.7 Å². The predicted molar refractivity (Wildman–Crippen MR) is 261 cm³/mol. The number of benzene rings is 2. The van der Waals surface area contributed by atoms with Crippen molar-refractivity contribution in [2.75, 3.05) is 26.3 Å². The quantitative estimate of drug-likeness (QED) is 0.0315. The molecular formula is C51H62BF2N5O5S. The molecule has 65 heavy (non-hydrogen) atoms. The SMILES string of the molecule is C=CCc1ccccc1OC[C@@H](O)CNC1(C)CCC(C(C)(C)NC(=O)CCCCCNC(=O)COc2ccc(/C=C/C3=NC(=C\c4ccc(-c5cccs5)n4B(F)F)/C=C3)cc2)CC1. The van der Waals surface area contributed by atoms with Crippen LogP contribution in [0, 0.1) is 5.92 Å². The number of aliphatic imine (C=N–C) groups is 1. The molecule has 2 amide bonds. The fraction of sp³-hybridized carbons (Fsp3) is 0.392. The number of thiophene rings is 1. The summed E-state index contributed by atoms with van der Waals surface area (Å²) in [6.07, 6.45) is 17.6. The minimum absolute atomic E-state index is 0.0498. The average Bonchev–Trinajstić information content (AvgIpc) is 4.08. The first-order chi connectivity index (χ1) is 31.3. The summed E-state index contributed by atoms with van der Waals surface area (Å²) in [5, 5.41) is 22.3. The number of rotatable bonds is 24. The van der Waals surface area contributed by atoms with Crippen LogP contribution in [0.3, 0.4) is 0 Å². The number of β-amino-alcohol motifs (C(OH)–C–C–N with tert-alkyl or cyclic N) is 1. The molecule has 0 bridgehead atoms. The van der Waals surface area contributed by atoms with Crippen LogP contribution in [0.4, 0.5) is 8.63 Å². The van der Waals surface area contributed by atoms with Gasteiger partial charge in [0.1, 0.15) is 24.2 Å². The molecular weight excluding hydrogens is 843 g/mol. The molecule has 0 radical (unpaired) electrons. The van der Waals surface area contributed by atoms with E-state index in [1.54, 1.807) is 36.4 Å². The van der Waals surface area contributed by atoms with Crippen molar-refractivity contribution < 1.29 is 32.8 Å². The highest BCUT2D eigenvalue weighted by molar-refractivity contribution is 7.13. The van der Waals surface area contributed by atoms with Gasteiger partial charge in [-0.3, -0.25) is 18.2 Å². The lowest BCUT2D eigenvalue weighted by Gasteiger charge is -2.44. The van der Waals surface area contributed by atoms with E-state index in [9.17, 15) is 23.3 Å². The summed E-state index contributed by atoms with van der Waals surface area (Å²) in [6.45, 7) is 11.3. The predicted octanol–water partition coefficient (Wildman–Crippen LogP) is 9.71. The highest BCUT2D eigenvalue weighted by atomic mass is 32.1. The molecule has 2 aliphatic rings. The Labute approximate surface area is 386 Å². The van der Waals surface area contributed by atoms with E-state index < -0.39 is 13.5 Å². The highest BCUT2D eigenvalue weighted by Crippen LogP contribution is 2.38. The number of nitrogens with zero attached hydrogens (tertiary/aromatic N) is 2. The summed E-state index contributed by atoms with van der Waals surface area (Å²) < 4.78 is 40.6. The zero-order valence-corrected chi connectivity index (χ0v) is 38.6. The second kappa shape index (κ2) is 23.6. The van der Waals surface area contributed by atoms with Crippen molar-refractivity contribution in [3.63, 3.8) is 0 Å². The van der Waals surface area contributed by atoms with Gasteiger partial charge >= 0.3 is 7.40 Å². The molecule has 2 aromatic carbocycles. The average molecular weight is 906 g/mol. The lowest BCUT2D eigenvalue weighted by Crippen LogP contribution is -2.54. The lowest BCUT2D eigenvalue weighted by atomic mass is 9.70. The summed E-state index contributed by atoms with van der Waals surface area (Å²) >= 11 is 1.42. The third kappa shape index (κ3) is 14.7. The van der Waals surface area contributed by atoms with Gasteiger partial charge in [0, 0.05) is 41.2 Å². The molecule has 1 fully saturated rings. The Morgan fingerprint density at radius 3 is 2.52 bits per heavy atom. The van der Waals surface area contributed by atoms with Crippen LogP contribution in [0.2, 0.25) is 0 Å². The topological polar surface area (TPSA) is 126 Å². The minimum atomic E-state index is -2.68. The fourth-order valence-electron chi connectivity index (χ4n) is 8.27. The van der Waals surface area contributed by atoms with Crippen LogP contribution < -0.4 is 25.4 Å². The Kier molecular flexibility index (Phi) is 17.7. The smallest absolute Gasteiger partial charge is 0.491 e. The van der Waals surface area contributed by atoms with E-state index in [2.05, 4.69) is 48.3 Å². The zero-order valence-electron chi connectivity index (χ0n) is 37.7. The van der Waals surface area contributed by atoms with E-state index in [0.717, 1.165) is 71.2 Å². The van der Waals surface area contributed by atoms with Crippen LogP contribution in [-0.4, -0.2) is 78.0 Å². The van der Waals surface area contributed by atoms with Gasteiger partial charge in [-0.15, -0.1) is 17.9 Å². The van der Waals surface area contributed by atoms with Gasteiger partial charge in [0.25, 0.3) is 5.91 Å². The Balaban J connectivity index is 0.814. The number of hydrogen-bond acceptors (Lipinski definition) is 8. The number of ether oxygens (including phenoxy) is 2. The number of para-hydroxylation sites is 1. The Morgan fingerprint density at radius 2 is 1.78 bits per heavy atom. The number of aliphatic hydroxyl groups excluding tert-OH is 1. The molecule has 1 atom stereocenters. The molecule has 14 heteroatoms. The van der Waals surface area contributed by atoms with Gasteiger partial charge in [0.2, 0.25) is 5.91 Å². The third-order valence-corrected chi connectivity index (χ3v) is 13.0. The Bertz CT molecular complexity index is 2310. The normalized spacial score (nSPS) is 18.4. The van der Waals surface area contributed by atoms with Gasteiger partial charge in [-0.2, -0.15) is 0 Å². The maximum atomic E-state index is 14.0. The first-order valence-electron chi connectivity index (χ1n) is 22.6. The third-order valence-electron chi connectivity index (χ3n) is 12.1. The molecule has 4 aromatic rings. The van der Waals surface area contributed by atoms with Crippen LogP contribution in [0.5, 0.6) is 11.5 Å². The van der Waals surface area contributed by atoms with E-state index in [1.807, 2.05) is 78.2 Å². The molecule has 1 saturated carbocycles. The first-order valence-corrected chi connectivity index (χ1v) is 23.4. The van der Waals surface area contributed by atoms with Gasteiger partial charge < -0.3 is 35.0 Å². The summed E-state index contributed by atoms with van der Waals surface area (Å²) in [5.74, 6) is 1.53. The molecule has 0 saturated heterocycles. The first kappa shape index (κ1) is 48.9. The number of nitrogens with one attached hydrogen (secondary N) is 3. The maximum Gasteiger partial charge on any atom is 0.678 e. The van der Waals surface area contributed by atoms with Gasteiger partial charge in [0.05, 0.1) is 17.1 Å². The molecule has 1 aliphatic heterocycles. The highest BCUT2D eigenvalue weighted by Gasteiger charge is 2.38. The zero-order chi connectivity index (χ0) is 46.2. The molecule has 344 valence electrons. The summed E-state index contributed by atoms with van der Waals surface area (Å²) in [5.41, 5.74) is 3.68. The molecule has 6 rings (SSSR count). The number of amides is 2. The second-order valence-electron chi connectivity index (χ2n) is 17.6. The molecule has 0 unspecified atom stereocenters. The molecule has 0 spiro atoms. The van der Waals surface area contributed by atoms with E-state index >= 15 is 0 Å². The van der Waals surface area contributed by atoms with Crippen LogP contribution in [-0.2, 0) is 16.0 Å². The van der Waals surface area contributed by atoms with Crippen LogP contribution in [0.1, 0.15) is 89.0 Å². The number of allylic oxidation sites excluding steroid dienone is 4. The lowest BCUT2D eigenvalue weighted by molar-refractivity contribution is -0.124. The van der Waals surface area contributed by atoms with Crippen LogP contribution in [0.15, 0.2) is 120 Å². The molecule has 10 nitrogen and oxygen atoms in total. The fourth-order valence-corrected chi connectivity index (χ4v) is 9.02. The number of halogens is 2. The van der Waals surface area contributed by atoms with E-state index in [0.29, 0.717) is 60.4 Å². The number of carbonyl (C=O) groups is 2. The van der Waals surface area contributed by atoms with Crippen molar-refractivity contribution in [1.82, 2.24) is 20.4 Å². The van der Waals surface area contributed by atoms with E-state index in [4.69, 9.17) is 9.47 Å². The summed E-state index contributed by atoms with van der Waals surface area (Å²) in [4.78, 5) is 30.7. The van der Waals surface area contributed by atoms with Crippen molar-refractivity contribution in [1.29, 1.82) is 0 Å². The van der Waals surface area contributed by atoms with E-state index in [1.165, 1.54) is 11.3 Å². The minimum Gasteiger partial charge on any atom is -0.491 e. The number of aromatic nitrogens is 1. The molecule has 2 aromatic heterocycles. The monoisotopic (exact) mass is 905 g/mol. The van der Waals surface area contributed by atoms with Crippen molar-refractivity contribution in [2.24, 2.45) is 10.9 Å². The van der Waals surface area contributed by atoms with Crippen molar-refractivity contribution >= 4 is 48.4 Å². The number of unbranched alkanes of at least 4 members (excludes halogenated alkanes) is 2. The Morgan fingerprint density at radius 1 is 1.00 bits per heavy atom. The van der Waals surface area contributed by atoms with Crippen molar-refractivity contribution in [3.05, 3.63) is 132 Å². The van der Waals surface area contributed by atoms with Crippen LogP contribution >= 0.6 is 11.3 Å². The number of carbonyl (C=O) groups excluding carboxylic acids is 2. The van der Waals surface area contributed by atoms with Gasteiger partial charge in [-0.25, -0.2) is 4.99 Å². The molecule has 3 heterocycles. The number of hydrogen-bond donors (Lipinski definition) is 4. The molecule has 4 N–H and O–H groups in total. The number of aliphatic hydroxyl groups is 1. The summed E-state index contributed by atoms with van der Waals surface area (Å²) in [6, 6.07) is 22.2. The van der Waals surface area contributed by atoms with Crippen molar-refractivity contribution in [3.8, 4) is 22.1 Å². The maximum absolute atomic E-state index is 14.0. The largest absolute Gasteiger partial charge is 0.678 e. The molecule has 1 aliphatic carbocycles. The van der Waals surface area contributed by atoms with Crippen LogP contribution in [0.25, 0.3) is 22.7 Å². The standard InChI is InChI=1S/C51H62BF2N5O5S/c1-5-12-38-13-8-9-14-46(38)64-35-43(60)34-56-51(4)29-27-39(28-30-51)50(2,3)58-48(61)16-7-6-10-31-55-49(62)36-63-44-24-18-37(19-25-44)17-20-40-21-22-41(57-40)33-42-23-26-45(59(42)52(53)54)47-15-11-32-65-47/h5,8-9,11,13-15,17-26,32-33,39,43,56,60H,1,6-7,10,12,16,27-31,34-36H2,2-4H3,(H,55,62)(H,58,61)/b20-17+,41-33-/t39?,43-,51?/m0/s1. The Hall–Kier alpha value is -5.57. The van der Waals surface area contributed by atoms with Gasteiger partial charge in [-0.05, 0) is 149 Å². The second-order valence-corrected chi connectivity index (χ2v) is 18.6. The van der Waals surface area contributed by atoms with Gasteiger partial charge in [-0.1, -0.05) is 55.0 Å². The van der Waals surface area contributed by atoms with E-state index in [-0.39, 0.29) is 36.1 Å². The van der Waals surface area contributed by atoms with Gasteiger partial charge in [0.15, 0.2) is 6.61 Å².